The summed E-state index contributed by atoms with van der Waals surface area (Å²) in [5.41, 5.74) is 0.447. The van der Waals surface area contributed by atoms with Crippen LogP contribution in [0.4, 0.5) is 11.4 Å². The Balaban J connectivity index is 1.62. The third-order valence-corrected chi connectivity index (χ3v) is 5.46. The predicted octanol–water partition coefficient (Wildman–Crippen LogP) is 4.09. The summed E-state index contributed by atoms with van der Waals surface area (Å²) in [4.78, 5) is 22.5. The smallest absolute Gasteiger partial charge is 0.269 e. The molecule has 0 aliphatic heterocycles. The monoisotopic (exact) mass is 457 g/mol. The van der Waals surface area contributed by atoms with Crippen molar-refractivity contribution in [3.8, 4) is 11.5 Å². The molecular formula is C21H23N5O5S. The summed E-state index contributed by atoms with van der Waals surface area (Å²) >= 11 is 1.25. The van der Waals surface area contributed by atoms with Gasteiger partial charge in [0.25, 0.3) is 5.69 Å². The Hall–Kier alpha value is -3.60. The molecule has 1 unspecified atom stereocenters. The van der Waals surface area contributed by atoms with Crippen molar-refractivity contribution in [2.75, 3.05) is 18.2 Å². The summed E-state index contributed by atoms with van der Waals surface area (Å²) in [7, 11) is 1.58. The topological polar surface area (TPSA) is 121 Å². The molecule has 0 aliphatic carbocycles. The SMILES string of the molecule is CCn1c(SCC(=O)Nc2ccc([N+](=O)[O-])cc2)nnc1C(C)Oc1ccccc1OC. The van der Waals surface area contributed by atoms with Gasteiger partial charge >= 0.3 is 0 Å². The second kappa shape index (κ2) is 10.6. The molecule has 10 nitrogen and oxygen atoms in total. The van der Waals surface area contributed by atoms with E-state index in [1.807, 2.05) is 42.7 Å². The van der Waals surface area contributed by atoms with E-state index in [2.05, 4.69) is 15.5 Å². The van der Waals surface area contributed by atoms with Crippen LogP contribution >= 0.6 is 11.8 Å². The summed E-state index contributed by atoms with van der Waals surface area (Å²) in [5, 5.41) is 22.5. The number of carbonyl (C=O) groups excluding carboxylic acids is 1. The van der Waals surface area contributed by atoms with E-state index in [0.717, 1.165) is 0 Å². The van der Waals surface area contributed by atoms with Crippen molar-refractivity contribution in [2.24, 2.45) is 0 Å². The highest BCUT2D eigenvalue weighted by Gasteiger charge is 2.20. The molecule has 1 N–H and O–H groups in total. The number of methoxy groups -OCH3 is 1. The number of anilines is 1. The van der Waals surface area contributed by atoms with Crippen LogP contribution in [0.25, 0.3) is 0 Å². The van der Waals surface area contributed by atoms with Crippen LogP contribution in [0.15, 0.2) is 53.7 Å². The number of rotatable bonds is 10. The summed E-state index contributed by atoms with van der Waals surface area (Å²) in [6.45, 7) is 4.44. The second-order valence-corrected chi connectivity index (χ2v) is 7.58. The number of para-hydroxylation sites is 2. The summed E-state index contributed by atoms with van der Waals surface area (Å²) in [6.07, 6.45) is -0.387. The second-order valence-electron chi connectivity index (χ2n) is 6.64. The number of hydrogen-bond donors (Lipinski definition) is 1. The van der Waals surface area contributed by atoms with E-state index in [1.165, 1.54) is 36.0 Å². The molecule has 0 radical (unpaired) electrons. The van der Waals surface area contributed by atoms with E-state index in [9.17, 15) is 14.9 Å². The van der Waals surface area contributed by atoms with Gasteiger partial charge in [0.1, 0.15) is 0 Å². The number of nitro groups is 1. The highest BCUT2D eigenvalue weighted by molar-refractivity contribution is 7.99. The first-order valence-electron chi connectivity index (χ1n) is 9.82. The third kappa shape index (κ3) is 5.55. The lowest BCUT2D eigenvalue weighted by molar-refractivity contribution is -0.384. The molecule has 0 bridgehead atoms. The number of ether oxygens (including phenoxy) is 2. The number of carbonyl (C=O) groups is 1. The number of thioether (sulfide) groups is 1. The van der Waals surface area contributed by atoms with Gasteiger partial charge in [-0.2, -0.15) is 0 Å². The van der Waals surface area contributed by atoms with E-state index >= 15 is 0 Å². The largest absolute Gasteiger partial charge is 0.493 e. The number of nitro benzene ring substituents is 1. The number of aromatic nitrogens is 3. The first-order valence-corrected chi connectivity index (χ1v) is 10.8. The molecule has 1 atom stereocenters. The molecule has 0 spiro atoms. The van der Waals surface area contributed by atoms with Crippen LogP contribution in [0.5, 0.6) is 11.5 Å². The number of non-ortho nitro benzene ring substituents is 1. The molecule has 0 aliphatic rings. The van der Waals surface area contributed by atoms with Gasteiger partial charge in [-0.1, -0.05) is 23.9 Å². The third-order valence-electron chi connectivity index (χ3n) is 4.49. The van der Waals surface area contributed by atoms with E-state index in [4.69, 9.17) is 9.47 Å². The van der Waals surface area contributed by atoms with Gasteiger partial charge in [-0.25, -0.2) is 0 Å². The Labute approximate surface area is 189 Å². The van der Waals surface area contributed by atoms with Crippen LogP contribution in [-0.2, 0) is 11.3 Å². The number of nitrogens with zero attached hydrogens (tertiary/aromatic N) is 4. The first kappa shape index (κ1) is 23.1. The number of amides is 1. The molecule has 11 heteroatoms. The van der Waals surface area contributed by atoms with Crippen LogP contribution in [-0.4, -0.2) is 38.5 Å². The zero-order valence-corrected chi connectivity index (χ0v) is 18.7. The summed E-state index contributed by atoms with van der Waals surface area (Å²) in [5.74, 6) is 1.71. The van der Waals surface area contributed by atoms with Crippen LogP contribution in [0.3, 0.4) is 0 Å². The van der Waals surface area contributed by atoms with Gasteiger partial charge in [-0.3, -0.25) is 14.9 Å². The van der Waals surface area contributed by atoms with Crippen LogP contribution in [0.2, 0.25) is 0 Å². The fourth-order valence-corrected chi connectivity index (χ4v) is 3.77. The molecule has 3 aromatic rings. The molecule has 32 heavy (non-hydrogen) atoms. The fraction of sp³-hybridized carbons (Fsp3) is 0.286. The van der Waals surface area contributed by atoms with Crippen LogP contribution < -0.4 is 14.8 Å². The van der Waals surface area contributed by atoms with E-state index in [-0.39, 0.29) is 23.5 Å². The molecule has 0 fully saturated rings. The maximum absolute atomic E-state index is 12.3. The molecule has 2 aromatic carbocycles. The van der Waals surface area contributed by atoms with Crippen molar-refractivity contribution in [1.82, 2.24) is 14.8 Å². The van der Waals surface area contributed by atoms with Crippen molar-refractivity contribution in [1.29, 1.82) is 0 Å². The Morgan fingerprint density at radius 3 is 2.50 bits per heavy atom. The lowest BCUT2D eigenvalue weighted by Gasteiger charge is -2.17. The van der Waals surface area contributed by atoms with E-state index in [1.54, 1.807) is 7.11 Å². The maximum Gasteiger partial charge on any atom is 0.269 e. The van der Waals surface area contributed by atoms with Crippen LogP contribution in [0.1, 0.15) is 25.8 Å². The number of hydrogen-bond acceptors (Lipinski definition) is 8. The average Bonchev–Trinajstić information content (AvgIpc) is 3.21. The van der Waals surface area contributed by atoms with E-state index in [0.29, 0.717) is 34.7 Å². The zero-order valence-electron chi connectivity index (χ0n) is 17.8. The van der Waals surface area contributed by atoms with Gasteiger partial charge < -0.3 is 19.4 Å². The molecule has 3 rings (SSSR count). The van der Waals surface area contributed by atoms with Gasteiger partial charge in [0.05, 0.1) is 17.8 Å². The van der Waals surface area contributed by atoms with Crippen molar-refractivity contribution >= 4 is 29.0 Å². The molecular weight excluding hydrogens is 434 g/mol. The van der Waals surface area contributed by atoms with Crippen molar-refractivity contribution in [3.05, 3.63) is 64.5 Å². The Morgan fingerprint density at radius 2 is 1.88 bits per heavy atom. The van der Waals surface area contributed by atoms with Crippen molar-refractivity contribution < 1.29 is 19.2 Å². The van der Waals surface area contributed by atoms with Gasteiger partial charge in [0.2, 0.25) is 5.91 Å². The fourth-order valence-electron chi connectivity index (χ4n) is 2.96. The summed E-state index contributed by atoms with van der Waals surface area (Å²) < 4.78 is 13.2. The quantitative estimate of drug-likeness (QED) is 0.274. The highest BCUT2D eigenvalue weighted by Crippen LogP contribution is 2.31. The van der Waals surface area contributed by atoms with Gasteiger partial charge in [-0.15, -0.1) is 10.2 Å². The van der Waals surface area contributed by atoms with Gasteiger partial charge in [0, 0.05) is 24.4 Å². The Bertz CT molecular complexity index is 1090. The molecule has 168 valence electrons. The maximum atomic E-state index is 12.3. The minimum absolute atomic E-state index is 0.0367. The van der Waals surface area contributed by atoms with Gasteiger partial charge in [-0.05, 0) is 38.1 Å². The molecule has 1 aromatic heterocycles. The lowest BCUT2D eigenvalue weighted by atomic mass is 10.3. The lowest BCUT2D eigenvalue weighted by Crippen LogP contribution is -2.15. The molecule has 1 amide bonds. The Morgan fingerprint density at radius 1 is 1.19 bits per heavy atom. The Kier molecular flexibility index (Phi) is 7.66. The van der Waals surface area contributed by atoms with Crippen LogP contribution in [0, 0.1) is 10.1 Å². The minimum Gasteiger partial charge on any atom is -0.493 e. The normalized spacial score (nSPS) is 11.6. The zero-order chi connectivity index (χ0) is 23.1. The standard InChI is InChI=1S/C21H23N5O5S/c1-4-25-20(14(2)31-18-8-6-5-7-17(18)30-3)23-24-21(25)32-13-19(27)22-15-9-11-16(12-10-15)26(28)29/h5-12,14H,4,13H2,1-3H3,(H,22,27). The predicted molar refractivity (Wildman–Crippen MR) is 120 cm³/mol. The average molecular weight is 458 g/mol. The van der Waals surface area contributed by atoms with E-state index < -0.39 is 4.92 Å². The number of nitrogens with one attached hydrogen (secondary N) is 1. The molecule has 0 saturated heterocycles. The molecule has 1 heterocycles. The van der Waals surface area contributed by atoms with Gasteiger partial charge in [0.15, 0.2) is 28.6 Å². The minimum atomic E-state index is -0.491. The molecule has 0 saturated carbocycles. The number of benzene rings is 2. The summed E-state index contributed by atoms with van der Waals surface area (Å²) in [6, 6.07) is 13.0. The van der Waals surface area contributed by atoms with Crippen molar-refractivity contribution in [2.45, 2.75) is 31.7 Å². The van der Waals surface area contributed by atoms with Crippen molar-refractivity contribution in [3.63, 3.8) is 0 Å². The highest BCUT2D eigenvalue weighted by atomic mass is 32.2. The first-order chi connectivity index (χ1) is 15.4.